The number of aromatic nitrogens is 1. The van der Waals surface area contributed by atoms with Gasteiger partial charge in [-0.05, 0) is 19.1 Å². The van der Waals surface area contributed by atoms with Gasteiger partial charge in [-0.25, -0.2) is 9.78 Å². The van der Waals surface area contributed by atoms with Crippen molar-refractivity contribution in [1.82, 2.24) is 4.98 Å². The first-order chi connectivity index (χ1) is 9.99. The van der Waals surface area contributed by atoms with E-state index in [0.717, 1.165) is 16.6 Å². The third-order valence-electron chi connectivity index (χ3n) is 2.83. The molecule has 1 aromatic heterocycles. The molecule has 110 valence electrons. The van der Waals surface area contributed by atoms with Crippen LogP contribution in [0.1, 0.15) is 20.9 Å². The lowest BCUT2D eigenvalue weighted by Gasteiger charge is -2.07. The van der Waals surface area contributed by atoms with Crippen LogP contribution in [0.2, 0.25) is 0 Å². The fourth-order valence-electron chi connectivity index (χ4n) is 1.73. The van der Waals surface area contributed by atoms with Crippen molar-refractivity contribution in [2.75, 3.05) is 6.61 Å². The number of nitro groups is 1. The van der Waals surface area contributed by atoms with E-state index in [9.17, 15) is 14.9 Å². The summed E-state index contributed by atoms with van der Waals surface area (Å²) in [5.41, 5.74) is 2.15. The Hall–Kier alpha value is -2.48. The van der Waals surface area contributed by atoms with E-state index in [2.05, 4.69) is 4.98 Å². The van der Waals surface area contributed by atoms with Crippen molar-refractivity contribution in [2.24, 2.45) is 0 Å². The van der Waals surface area contributed by atoms with Gasteiger partial charge in [-0.3, -0.25) is 10.1 Å². The standard InChI is InChI=1S/C13H12N2O5S/c1-8-12(21-7-14-8)4-5-20-11-3-2-9(13(16)17)6-10(11)15(18)19/h2-3,6-7H,4-5H2,1H3,(H,16,17). The largest absolute Gasteiger partial charge is 0.486 e. The minimum Gasteiger partial charge on any atom is -0.486 e. The third-order valence-corrected chi connectivity index (χ3v) is 3.83. The lowest BCUT2D eigenvalue weighted by atomic mass is 10.2. The van der Waals surface area contributed by atoms with E-state index < -0.39 is 10.9 Å². The SMILES string of the molecule is Cc1ncsc1CCOc1ccc(C(=O)O)cc1[N+](=O)[O-]. The maximum Gasteiger partial charge on any atom is 0.335 e. The van der Waals surface area contributed by atoms with Crippen LogP contribution in [0.3, 0.4) is 0 Å². The molecule has 1 aromatic carbocycles. The summed E-state index contributed by atoms with van der Waals surface area (Å²) in [5, 5.41) is 19.8. The summed E-state index contributed by atoms with van der Waals surface area (Å²) in [4.78, 5) is 26.3. The van der Waals surface area contributed by atoms with Gasteiger partial charge in [-0.2, -0.15) is 0 Å². The van der Waals surface area contributed by atoms with E-state index in [1.807, 2.05) is 6.92 Å². The van der Waals surface area contributed by atoms with Gasteiger partial charge in [-0.15, -0.1) is 11.3 Å². The van der Waals surface area contributed by atoms with Crippen LogP contribution in [0.4, 0.5) is 5.69 Å². The number of carboxylic acids is 1. The van der Waals surface area contributed by atoms with Crippen molar-refractivity contribution in [2.45, 2.75) is 13.3 Å². The number of aromatic carboxylic acids is 1. The highest BCUT2D eigenvalue weighted by molar-refractivity contribution is 7.09. The van der Waals surface area contributed by atoms with E-state index >= 15 is 0 Å². The minimum atomic E-state index is -1.22. The molecule has 0 fully saturated rings. The van der Waals surface area contributed by atoms with E-state index in [1.165, 1.54) is 23.5 Å². The highest BCUT2D eigenvalue weighted by Gasteiger charge is 2.18. The number of hydrogen-bond acceptors (Lipinski definition) is 6. The molecular weight excluding hydrogens is 296 g/mol. The van der Waals surface area contributed by atoms with E-state index in [4.69, 9.17) is 9.84 Å². The van der Waals surface area contributed by atoms with Crippen LogP contribution in [0.15, 0.2) is 23.7 Å². The lowest BCUT2D eigenvalue weighted by molar-refractivity contribution is -0.385. The first-order valence-electron chi connectivity index (χ1n) is 6.02. The molecule has 2 aromatic rings. The molecular formula is C13H12N2O5S. The molecule has 8 heteroatoms. The van der Waals surface area contributed by atoms with Gasteiger partial charge in [0.05, 0.1) is 28.3 Å². The van der Waals surface area contributed by atoms with Gasteiger partial charge in [-0.1, -0.05) is 0 Å². The Morgan fingerprint density at radius 2 is 2.29 bits per heavy atom. The number of nitro benzene ring substituents is 1. The summed E-state index contributed by atoms with van der Waals surface area (Å²) >= 11 is 1.50. The molecule has 0 unspecified atom stereocenters. The second-order valence-corrected chi connectivity index (χ2v) is 5.14. The van der Waals surface area contributed by atoms with Crippen molar-refractivity contribution in [3.05, 3.63) is 50.0 Å². The summed E-state index contributed by atoms with van der Waals surface area (Å²) < 4.78 is 5.41. The molecule has 2 rings (SSSR count). The highest BCUT2D eigenvalue weighted by atomic mass is 32.1. The molecule has 21 heavy (non-hydrogen) atoms. The van der Waals surface area contributed by atoms with Crippen LogP contribution >= 0.6 is 11.3 Å². The fourth-order valence-corrected chi connectivity index (χ4v) is 2.50. The maximum atomic E-state index is 11.0. The topological polar surface area (TPSA) is 103 Å². The zero-order valence-electron chi connectivity index (χ0n) is 11.1. The first-order valence-corrected chi connectivity index (χ1v) is 6.90. The van der Waals surface area contributed by atoms with Crippen LogP contribution < -0.4 is 4.74 Å². The molecule has 0 radical (unpaired) electrons. The Kier molecular flexibility index (Phi) is 4.49. The van der Waals surface area contributed by atoms with Crippen LogP contribution in [0.25, 0.3) is 0 Å². The van der Waals surface area contributed by atoms with Crippen molar-refractivity contribution < 1.29 is 19.6 Å². The number of aryl methyl sites for hydroxylation is 1. The molecule has 0 atom stereocenters. The Labute approximate surface area is 124 Å². The number of thiazole rings is 1. The summed E-state index contributed by atoms with van der Waals surface area (Å²) in [5.74, 6) is -1.16. The highest BCUT2D eigenvalue weighted by Crippen LogP contribution is 2.28. The molecule has 0 aliphatic heterocycles. The quantitative estimate of drug-likeness (QED) is 0.650. The number of ether oxygens (including phenoxy) is 1. The zero-order valence-corrected chi connectivity index (χ0v) is 11.9. The third kappa shape index (κ3) is 3.54. The fraction of sp³-hybridized carbons (Fsp3) is 0.231. The van der Waals surface area contributed by atoms with Gasteiger partial charge in [0.2, 0.25) is 0 Å². The van der Waals surface area contributed by atoms with Crippen molar-refractivity contribution >= 4 is 23.0 Å². The number of rotatable bonds is 6. The van der Waals surface area contributed by atoms with E-state index in [1.54, 1.807) is 5.51 Å². The number of carboxylic acid groups (broad SMARTS) is 1. The van der Waals surface area contributed by atoms with E-state index in [0.29, 0.717) is 6.42 Å². The van der Waals surface area contributed by atoms with Crippen molar-refractivity contribution in [1.29, 1.82) is 0 Å². The van der Waals surface area contributed by atoms with Gasteiger partial charge >= 0.3 is 11.7 Å². The normalized spacial score (nSPS) is 10.3. The number of nitrogens with zero attached hydrogens (tertiary/aromatic N) is 2. The van der Waals surface area contributed by atoms with E-state index in [-0.39, 0.29) is 23.6 Å². The lowest BCUT2D eigenvalue weighted by Crippen LogP contribution is -2.05. The predicted molar refractivity (Wildman–Crippen MR) is 76.1 cm³/mol. The Morgan fingerprint density at radius 3 is 2.86 bits per heavy atom. The number of hydrogen-bond donors (Lipinski definition) is 1. The number of benzene rings is 1. The molecule has 1 N–H and O–H groups in total. The van der Waals surface area contributed by atoms with Gasteiger partial charge < -0.3 is 9.84 Å². The van der Waals surface area contributed by atoms with Crippen molar-refractivity contribution in [3.63, 3.8) is 0 Å². The molecule has 0 aliphatic rings. The van der Waals surface area contributed by atoms with Crippen LogP contribution in [0, 0.1) is 17.0 Å². The predicted octanol–water partition coefficient (Wildman–Crippen LogP) is 2.68. The summed E-state index contributed by atoms with van der Waals surface area (Å²) in [6.07, 6.45) is 0.592. The molecule has 0 saturated carbocycles. The van der Waals surface area contributed by atoms with Gasteiger partial charge in [0, 0.05) is 17.4 Å². The average molecular weight is 308 g/mol. The molecule has 0 aliphatic carbocycles. The first kappa shape index (κ1) is 14.9. The average Bonchev–Trinajstić information content (AvgIpc) is 2.84. The van der Waals surface area contributed by atoms with Crippen molar-refractivity contribution in [3.8, 4) is 5.75 Å². The second kappa shape index (κ2) is 6.31. The van der Waals surface area contributed by atoms with Gasteiger partial charge in [0.25, 0.3) is 0 Å². The maximum absolute atomic E-state index is 11.0. The monoisotopic (exact) mass is 308 g/mol. The summed E-state index contributed by atoms with van der Waals surface area (Å²) in [6.45, 7) is 2.15. The zero-order chi connectivity index (χ0) is 15.4. The Balaban J connectivity index is 2.10. The molecule has 1 heterocycles. The molecule has 7 nitrogen and oxygen atoms in total. The summed E-state index contributed by atoms with van der Waals surface area (Å²) in [7, 11) is 0. The molecule has 0 spiro atoms. The molecule has 0 amide bonds. The van der Waals surface area contributed by atoms with Crippen LogP contribution in [0.5, 0.6) is 5.75 Å². The van der Waals surface area contributed by atoms with Gasteiger partial charge in [0.15, 0.2) is 5.75 Å². The Morgan fingerprint density at radius 1 is 1.52 bits per heavy atom. The number of carbonyl (C=O) groups is 1. The second-order valence-electron chi connectivity index (χ2n) is 4.20. The van der Waals surface area contributed by atoms with Crippen LogP contribution in [-0.4, -0.2) is 27.6 Å². The Bertz CT molecular complexity index is 683. The minimum absolute atomic E-state index is 0.0622. The van der Waals surface area contributed by atoms with Gasteiger partial charge in [0.1, 0.15) is 0 Å². The van der Waals surface area contributed by atoms with Crippen LogP contribution in [-0.2, 0) is 6.42 Å². The summed E-state index contributed by atoms with van der Waals surface area (Å²) in [6, 6.07) is 3.58. The molecule has 0 saturated heterocycles. The smallest absolute Gasteiger partial charge is 0.335 e. The molecule has 0 bridgehead atoms.